The van der Waals surface area contributed by atoms with E-state index in [2.05, 4.69) is 21.6 Å². The van der Waals surface area contributed by atoms with Crippen LogP contribution in [0.1, 0.15) is 183 Å². The van der Waals surface area contributed by atoms with Crippen LogP contribution in [0.4, 0.5) is 0 Å². The van der Waals surface area contributed by atoms with Gasteiger partial charge in [0.25, 0.3) is 11.9 Å². The van der Waals surface area contributed by atoms with Crippen molar-refractivity contribution in [2.24, 2.45) is 0 Å². The van der Waals surface area contributed by atoms with E-state index in [4.69, 9.17) is 28.4 Å². The molecule has 0 radical (unpaired) electrons. The Balaban J connectivity index is 3.42. The molecule has 0 aliphatic carbocycles. The molecule has 0 rings (SSSR count). The van der Waals surface area contributed by atoms with Crippen LogP contribution in [0.3, 0.4) is 0 Å². The summed E-state index contributed by atoms with van der Waals surface area (Å²) < 4.78 is 35.0. The molecule has 0 spiro atoms. The fourth-order valence-corrected chi connectivity index (χ4v) is 8.25. The summed E-state index contributed by atoms with van der Waals surface area (Å²) in [5.41, 5.74) is 0. The lowest BCUT2D eigenvalue weighted by molar-refractivity contribution is -0.380. The Hall–Kier alpha value is 0.460. The Morgan fingerprint density at radius 2 is 0.478 bits per heavy atom. The molecule has 0 saturated carbocycles. The first-order valence-corrected chi connectivity index (χ1v) is 22.1. The molecule has 0 aliphatic rings. The van der Waals surface area contributed by atoms with Crippen molar-refractivity contribution in [3.8, 4) is 0 Å². The minimum atomic E-state index is -0.828. The van der Waals surface area contributed by atoms with Gasteiger partial charge in [0.1, 0.15) is 0 Å². The number of ether oxygens (including phenoxy) is 6. The van der Waals surface area contributed by atoms with Crippen LogP contribution in [0.15, 0.2) is 0 Å². The van der Waals surface area contributed by atoms with Gasteiger partial charge in [-0.2, -0.15) is 0 Å². The Morgan fingerprint density at radius 3 is 0.696 bits per heavy atom. The highest BCUT2D eigenvalue weighted by Gasteiger charge is 2.32. The van der Waals surface area contributed by atoms with Crippen molar-refractivity contribution >= 4 is 21.6 Å². The first kappa shape index (κ1) is 46.5. The minimum Gasteiger partial charge on any atom is -0.328 e. The van der Waals surface area contributed by atoms with Gasteiger partial charge in [-0.05, 0) is 67.2 Å². The second kappa shape index (κ2) is 35.3. The third kappa shape index (κ3) is 27.3. The van der Waals surface area contributed by atoms with Crippen molar-refractivity contribution in [3.05, 3.63) is 0 Å². The molecule has 0 N–H and O–H groups in total. The summed E-state index contributed by atoms with van der Waals surface area (Å²) in [7, 11) is 4.20. The third-order valence-electron chi connectivity index (χ3n) is 8.19. The molecule has 0 unspecified atom stereocenters. The molecule has 0 aromatic rings. The zero-order chi connectivity index (χ0) is 33.9. The maximum Gasteiger partial charge on any atom is 0.282 e. The van der Waals surface area contributed by atoms with Gasteiger partial charge in [0, 0.05) is 64.0 Å². The first-order valence-electron chi connectivity index (χ1n) is 19.7. The number of hydrogen-bond acceptors (Lipinski definition) is 8. The van der Waals surface area contributed by atoms with E-state index in [0.29, 0.717) is 39.6 Å². The van der Waals surface area contributed by atoms with Crippen LogP contribution in [0.25, 0.3) is 0 Å². The molecule has 46 heavy (non-hydrogen) atoms. The highest BCUT2D eigenvalue weighted by Crippen LogP contribution is 2.27. The maximum atomic E-state index is 5.83. The second-order valence-electron chi connectivity index (χ2n) is 12.2. The van der Waals surface area contributed by atoms with E-state index in [1.165, 1.54) is 127 Å². The number of unbranched alkanes of at least 4 members (excludes halogenated alkanes) is 18. The van der Waals surface area contributed by atoms with Gasteiger partial charge in [0.2, 0.25) is 0 Å². The Morgan fingerprint density at radius 1 is 0.283 bits per heavy atom. The number of rotatable bonds is 39. The predicted molar refractivity (Wildman–Crippen MR) is 202 cm³/mol. The van der Waals surface area contributed by atoms with Gasteiger partial charge in [-0.3, -0.25) is 0 Å². The van der Waals surface area contributed by atoms with E-state index in [-0.39, 0.29) is 0 Å². The highest BCUT2D eigenvalue weighted by atomic mass is 33.1. The molecule has 278 valence electrons. The van der Waals surface area contributed by atoms with Gasteiger partial charge in [-0.25, -0.2) is 0 Å². The van der Waals surface area contributed by atoms with Crippen LogP contribution in [0.2, 0.25) is 0 Å². The van der Waals surface area contributed by atoms with Gasteiger partial charge in [0.05, 0.1) is 0 Å². The molecule has 0 atom stereocenters. The van der Waals surface area contributed by atoms with E-state index in [9.17, 15) is 0 Å². The van der Waals surface area contributed by atoms with E-state index in [1.54, 1.807) is 0 Å². The van der Waals surface area contributed by atoms with Crippen LogP contribution in [0.5, 0.6) is 0 Å². The lowest BCUT2D eigenvalue weighted by Crippen LogP contribution is -2.39. The monoisotopic (exact) mass is 695 g/mol. The maximum absolute atomic E-state index is 5.83. The summed E-state index contributed by atoms with van der Waals surface area (Å²) in [6.45, 7) is 15.7. The Bertz CT molecular complexity index is 513. The summed E-state index contributed by atoms with van der Waals surface area (Å²) in [4.78, 5) is 0. The quantitative estimate of drug-likeness (QED) is 0.0358. The smallest absolute Gasteiger partial charge is 0.282 e. The lowest BCUT2D eigenvalue weighted by atomic mass is 10.1. The topological polar surface area (TPSA) is 55.4 Å². The fraction of sp³-hybridized carbons (Fsp3) is 1.00. The molecule has 0 heterocycles. The van der Waals surface area contributed by atoms with Crippen molar-refractivity contribution in [2.75, 3.05) is 51.1 Å². The fourth-order valence-electron chi connectivity index (χ4n) is 5.95. The van der Waals surface area contributed by atoms with Gasteiger partial charge in [0.15, 0.2) is 0 Å². The molecule has 8 heteroatoms. The van der Waals surface area contributed by atoms with E-state index >= 15 is 0 Å². The second-order valence-corrected chi connectivity index (χ2v) is 14.9. The van der Waals surface area contributed by atoms with Gasteiger partial charge in [-0.1, -0.05) is 124 Å². The summed E-state index contributed by atoms with van der Waals surface area (Å²) >= 11 is 0. The van der Waals surface area contributed by atoms with Crippen molar-refractivity contribution in [3.63, 3.8) is 0 Å². The Kier molecular flexibility index (Phi) is 35.6. The Labute approximate surface area is 295 Å². The van der Waals surface area contributed by atoms with Crippen molar-refractivity contribution in [2.45, 2.75) is 195 Å². The zero-order valence-electron chi connectivity index (χ0n) is 31.5. The summed E-state index contributed by atoms with van der Waals surface area (Å²) in [5.74, 6) is 0.985. The van der Waals surface area contributed by atoms with Gasteiger partial charge < -0.3 is 28.4 Å². The van der Waals surface area contributed by atoms with Crippen molar-refractivity contribution in [1.29, 1.82) is 0 Å². The predicted octanol–water partition coefficient (Wildman–Crippen LogP) is 12.5. The molecule has 0 saturated heterocycles. The van der Waals surface area contributed by atoms with Crippen molar-refractivity contribution < 1.29 is 28.4 Å². The first-order chi connectivity index (χ1) is 22.6. The van der Waals surface area contributed by atoms with E-state index < -0.39 is 11.9 Å². The molecule has 0 bridgehead atoms. The average Bonchev–Trinajstić information content (AvgIpc) is 3.03. The van der Waals surface area contributed by atoms with Crippen molar-refractivity contribution in [1.82, 2.24) is 0 Å². The standard InChI is InChI=1S/C38H78O6S2/c1-7-39-37(40-8-2,41-9-3)33-29-25-21-17-13-15-19-23-27-31-35-45-46-36-32-28-24-20-16-14-18-22-26-30-34-38(42-10-4,43-11-5)44-12-6/h7-36H2,1-6H3. The van der Waals surface area contributed by atoms with Gasteiger partial charge in [-0.15, -0.1) is 0 Å². The van der Waals surface area contributed by atoms with Crippen LogP contribution in [-0.4, -0.2) is 63.1 Å². The molecular weight excluding hydrogens is 617 g/mol. The third-order valence-corrected chi connectivity index (χ3v) is 10.8. The summed E-state index contributed by atoms with van der Waals surface area (Å²) in [6.07, 6.45) is 28.3. The molecule has 0 aromatic heterocycles. The van der Waals surface area contributed by atoms with E-state index in [0.717, 1.165) is 25.7 Å². The molecule has 0 fully saturated rings. The average molecular weight is 695 g/mol. The van der Waals surface area contributed by atoms with Crippen LogP contribution >= 0.6 is 21.6 Å². The highest BCUT2D eigenvalue weighted by molar-refractivity contribution is 8.76. The molecular formula is C38H78O6S2. The summed E-state index contributed by atoms with van der Waals surface area (Å²) in [6, 6.07) is 0. The van der Waals surface area contributed by atoms with Crippen LogP contribution in [-0.2, 0) is 28.4 Å². The lowest BCUT2D eigenvalue weighted by Gasteiger charge is -2.32. The minimum absolute atomic E-state index is 0.615. The van der Waals surface area contributed by atoms with Crippen LogP contribution < -0.4 is 0 Å². The zero-order valence-corrected chi connectivity index (χ0v) is 33.1. The molecule has 0 amide bonds. The molecule has 0 aliphatic heterocycles. The number of hydrogen-bond donors (Lipinski definition) is 0. The summed E-state index contributed by atoms with van der Waals surface area (Å²) in [5, 5.41) is 0. The molecule has 6 nitrogen and oxygen atoms in total. The largest absolute Gasteiger partial charge is 0.328 e. The molecule has 0 aromatic carbocycles. The van der Waals surface area contributed by atoms with E-state index in [1.807, 2.05) is 41.5 Å². The SMILES string of the molecule is CCOC(CCCCCCCCCCCCSSCCCCCCCCCCCCC(OCC)(OCC)OCC)(OCC)OCC. The van der Waals surface area contributed by atoms with Gasteiger partial charge >= 0.3 is 0 Å². The normalized spacial score (nSPS) is 12.4. The van der Waals surface area contributed by atoms with Crippen LogP contribution in [0, 0.1) is 0 Å².